The van der Waals surface area contributed by atoms with Crippen molar-refractivity contribution < 1.29 is 4.39 Å². The van der Waals surface area contributed by atoms with Crippen molar-refractivity contribution in [3.05, 3.63) is 41.7 Å². The minimum atomic E-state index is -0.156. The molecule has 0 amide bonds. The fourth-order valence-electron chi connectivity index (χ4n) is 2.13. The number of fused-ring (bicyclic) bond motifs is 3. The second kappa shape index (κ2) is 2.84. The summed E-state index contributed by atoms with van der Waals surface area (Å²) in [6.45, 7) is 0. The Morgan fingerprint density at radius 3 is 3.21 bits per heavy atom. The topological polar surface area (TPSA) is 15.8 Å². The molecule has 1 aliphatic rings. The minimum absolute atomic E-state index is 0.156. The van der Waals surface area contributed by atoms with E-state index in [9.17, 15) is 4.39 Å². The van der Waals surface area contributed by atoms with Crippen LogP contribution >= 0.6 is 0 Å². The number of aryl methyl sites for hydroxylation is 1. The van der Waals surface area contributed by atoms with E-state index in [0.717, 1.165) is 24.6 Å². The number of halogens is 1. The third-order valence-electron chi connectivity index (χ3n) is 2.83. The Balaban J connectivity index is 2.36. The molecule has 1 aliphatic carbocycles. The van der Waals surface area contributed by atoms with Crippen LogP contribution in [0.5, 0.6) is 0 Å². The van der Waals surface area contributed by atoms with E-state index < -0.39 is 0 Å². The van der Waals surface area contributed by atoms with Gasteiger partial charge in [0.25, 0.3) is 0 Å². The zero-order valence-electron chi connectivity index (χ0n) is 7.73. The van der Waals surface area contributed by atoms with Crippen molar-refractivity contribution in [2.45, 2.75) is 19.3 Å². The number of H-pyrrole nitrogens is 1. The van der Waals surface area contributed by atoms with E-state index >= 15 is 0 Å². The van der Waals surface area contributed by atoms with E-state index in [4.69, 9.17) is 0 Å². The van der Waals surface area contributed by atoms with Gasteiger partial charge in [0.2, 0.25) is 0 Å². The molecule has 2 radical (unpaired) electrons. The van der Waals surface area contributed by atoms with Gasteiger partial charge in [-0.05, 0) is 37.3 Å². The zero-order valence-corrected chi connectivity index (χ0v) is 7.73. The van der Waals surface area contributed by atoms with Crippen LogP contribution in [0, 0.1) is 12.2 Å². The summed E-state index contributed by atoms with van der Waals surface area (Å²) in [5.74, 6) is -0.156. The van der Waals surface area contributed by atoms with Crippen molar-refractivity contribution in [3.63, 3.8) is 0 Å². The molecular weight excluding hydrogens is 177 g/mol. The van der Waals surface area contributed by atoms with Crippen LogP contribution in [-0.2, 0) is 12.8 Å². The molecule has 70 valence electrons. The summed E-state index contributed by atoms with van der Waals surface area (Å²) in [7, 11) is 0. The lowest BCUT2D eigenvalue weighted by atomic mass is 9.96. The van der Waals surface area contributed by atoms with Gasteiger partial charge in [-0.25, -0.2) is 4.39 Å². The molecule has 2 aromatic rings. The smallest absolute Gasteiger partial charge is 0.147 e. The van der Waals surface area contributed by atoms with Crippen LogP contribution in [0.4, 0.5) is 4.39 Å². The van der Waals surface area contributed by atoms with Crippen molar-refractivity contribution in [1.82, 2.24) is 4.98 Å². The fraction of sp³-hybridized carbons (Fsp3) is 0.250. The van der Waals surface area contributed by atoms with Crippen LogP contribution in [0.2, 0.25) is 0 Å². The summed E-state index contributed by atoms with van der Waals surface area (Å²) in [5.41, 5.74) is 3.07. The second-order valence-corrected chi connectivity index (χ2v) is 3.67. The fourth-order valence-corrected chi connectivity index (χ4v) is 2.13. The van der Waals surface area contributed by atoms with Gasteiger partial charge in [0.15, 0.2) is 0 Å². The first kappa shape index (κ1) is 8.04. The maximum atomic E-state index is 13.4. The minimum Gasteiger partial charge on any atom is -0.356 e. The van der Waals surface area contributed by atoms with Gasteiger partial charge in [0.05, 0.1) is 5.52 Å². The molecule has 1 aromatic heterocycles. The molecule has 0 atom stereocenters. The largest absolute Gasteiger partial charge is 0.356 e. The van der Waals surface area contributed by atoms with Crippen LogP contribution in [-0.4, -0.2) is 4.98 Å². The monoisotopic (exact) mass is 187 g/mol. The summed E-state index contributed by atoms with van der Waals surface area (Å²) in [6.07, 6.45) is 6.08. The number of rotatable bonds is 0. The summed E-state index contributed by atoms with van der Waals surface area (Å²) < 4.78 is 13.4. The lowest BCUT2D eigenvalue weighted by molar-refractivity contribution is 0.637. The third-order valence-corrected chi connectivity index (χ3v) is 2.83. The number of para-hydroxylation sites is 1. The van der Waals surface area contributed by atoms with E-state index in [2.05, 4.69) is 11.4 Å². The number of hydrogen-bond donors (Lipinski definition) is 1. The van der Waals surface area contributed by atoms with Gasteiger partial charge in [0, 0.05) is 11.1 Å². The molecule has 14 heavy (non-hydrogen) atoms. The molecule has 0 saturated carbocycles. The molecule has 3 rings (SSSR count). The predicted octanol–water partition coefficient (Wildman–Crippen LogP) is 2.88. The van der Waals surface area contributed by atoms with Crippen molar-refractivity contribution >= 4 is 10.9 Å². The van der Waals surface area contributed by atoms with Crippen molar-refractivity contribution in [1.29, 1.82) is 0 Å². The van der Waals surface area contributed by atoms with Crippen molar-refractivity contribution in [2.24, 2.45) is 0 Å². The van der Waals surface area contributed by atoms with E-state index in [-0.39, 0.29) is 5.82 Å². The molecule has 0 spiro atoms. The molecular formula is C12H10FN. The lowest BCUT2D eigenvalue weighted by Gasteiger charge is -2.09. The second-order valence-electron chi connectivity index (χ2n) is 3.67. The van der Waals surface area contributed by atoms with Crippen LogP contribution in [0.3, 0.4) is 0 Å². The van der Waals surface area contributed by atoms with Gasteiger partial charge in [-0.3, -0.25) is 0 Å². The number of aromatic nitrogens is 1. The van der Waals surface area contributed by atoms with Crippen molar-refractivity contribution in [2.75, 3.05) is 0 Å². The summed E-state index contributed by atoms with van der Waals surface area (Å²) in [6, 6.07) is 5.23. The summed E-state index contributed by atoms with van der Waals surface area (Å²) >= 11 is 0. The Labute approximate surface area is 81.9 Å². The average Bonchev–Trinajstić information content (AvgIpc) is 2.59. The lowest BCUT2D eigenvalue weighted by Crippen LogP contribution is -2.00. The Morgan fingerprint density at radius 2 is 2.29 bits per heavy atom. The highest BCUT2D eigenvalue weighted by atomic mass is 19.1. The molecule has 0 bridgehead atoms. The van der Waals surface area contributed by atoms with Crippen LogP contribution in [0.15, 0.2) is 18.2 Å². The SMILES string of the molecule is Fc1cccc2c3c([nH]c12)CC[C]C3. The van der Waals surface area contributed by atoms with Crippen LogP contribution in [0.1, 0.15) is 17.7 Å². The van der Waals surface area contributed by atoms with E-state index in [1.54, 1.807) is 6.07 Å². The Kier molecular flexibility index (Phi) is 1.63. The molecule has 2 heteroatoms. The third kappa shape index (κ3) is 0.999. The number of hydrogen-bond acceptors (Lipinski definition) is 0. The Morgan fingerprint density at radius 1 is 1.36 bits per heavy atom. The highest BCUT2D eigenvalue weighted by molar-refractivity contribution is 5.85. The van der Waals surface area contributed by atoms with Crippen LogP contribution < -0.4 is 0 Å². The normalized spacial score (nSPS) is 15.8. The molecule has 0 unspecified atom stereocenters. The maximum absolute atomic E-state index is 13.4. The zero-order chi connectivity index (χ0) is 9.54. The Bertz CT molecular complexity index is 484. The van der Waals surface area contributed by atoms with Gasteiger partial charge in [-0.15, -0.1) is 0 Å². The molecule has 1 aromatic carbocycles. The Hall–Kier alpha value is -1.31. The highest BCUT2D eigenvalue weighted by Crippen LogP contribution is 2.29. The average molecular weight is 187 g/mol. The first-order valence-electron chi connectivity index (χ1n) is 4.85. The standard InChI is InChI=1S/C12H10FN/c13-10-6-3-5-9-8-4-1-2-7-11(8)14-12(9)10/h3,5-6,14H,2,4,7H2. The first-order valence-corrected chi connectivity index (χ1v) is 4.85. The van der Waals surface area contributed by atoms with Gasteiger partial charge < -0.3 is 4.98 Å². The number of nitrogens with one attached hydrogen (secondary N) is 1. The molecule has 1 nitrogen and oxygen atoms in total. The van der Waals surface area contributed by atoms with Gasteiger partial charge in [-0.1, -0.05) is 12.1 Å². The van der Waals surface area contributed by atoms with Gasteiger partial charge in [-0.2, -0.15) is 0 Å². The van der Waals surface area contributed by atoms with Gasteiger partial charge in [0.1, 0.15) is 5.82 Å². The van der Waals surface area contributed by atoms with E-state index in [0.29, 0.717) is 5.52 Å². The summed E-state index contributed by atoms with van der Waals surface area (Å²) in [5, 5.41) is 1.02. The van der Waals surface area contributed by atoms with Gasteiger partial charge >= 0.3 is 0 Å². The molecule has 0 saturated heterocycles. The molecule has 0 fully saturated rings. The number of benzene rings is 1. The molecule has 0 aliphatic heterocycles. The number of aromatic amines is 1. The molecule has 1 heterocycles. The quantitative estimate of drug-likeness (QED) is 0.652. The maximum Gasteiger partial charge on any atom is 0.147 e. The van der Waals surface area contributed by atoms with Crippen molar-refractivity contribution in [3.8, 4) is 0 Å². The molecule has 1 N–H and O–H groups in total. The predicted molar refractivity (Wildman–Crippen MR) is 53.5 cm³/mol. The van der Waals surface area contributed by atoms with E-state index in [1.165, 1.54) is 17.3 Å². The van der Waals surface area contributed by atoms with Crippen LogP contribution in [0.25, 0.3) is 10.9 Å². The summed E-state index contributed by atoms with van der Waals surface area (Å²) in [4.78, 5) is 3.17. The highest BCUT2D eigenvalue weighted by Gasteiger charge is 2.16. The van der Waals surface area contributed by atoms with E-state index in [1.807, 2.05) is 6.07 Å². The first-order chi connectivity index (χ1) is 6.86.